The summed E-state index contributed by atoms with van der Waals surface area (Å²) in [5.41, 5.74) is 0.883. The van der Waals surface area contributed by atoms with Gasteiger partial charge < -0.3 is 9.47 Å². The van der Waals surface area contributed by atoms with Gasteiger partial charge in [0.15, 0.2) is 0 Å². The van der Waals surface area contributed by atoms with E-state index in [-0.39, 0.29) is 5.97 Å². The third-order valence-corrected chi connectivity index (χ3v) is 4.27. The monoisotopic (exact) mass is 348 g/mol. The van der Waals surface area contributed by atoms with Gasteiger partial charge in [-0.2, -0.15) is 0 Å². The molecule has 4 heteroatoms. The van der Waals surface area contributed by atoms with Crippen molar-refractivity contribution < 1.29 is 19.1 Å². The summed E-state index contributed by atoms with van der Waals surface area (Å²) in [7, 11) is 1.33. The van der Waals surface area contributed by atoms with Crippen molar-refractivity contribution in [1.29, 1.82) is 0 Å². The maximum Gasteiger partial charge on any atom is 0.338 e. The summed E-state index contributed by atoms with van der Waals surface area (Å²) in [6, 6.07) is 6.33. The second-order valence-electron chi connectivity index (χ2n) is 6.39. The van der Waals surface area contributed by atoms with E-state index in [1.807, 2.05) is 0 Å². The molecule has 0 N–H and O–H groups in total. The minimum Gasteiger partial charge on any atom is -0.465 e. The molecule has 1 aromatic carbocycles. The number of unbranched alkanes of at least 4 members (excludes halogenated alkanes) is 9. The molecule has 0 aliphatic rings. The van der Waals surface area contributed by atoms with Crippen LogP contribution in [0.15, 0.2) is 24.3 Å². The molecule has 0 aliphatic carbocycles. The molecular formula is C21H32O4. The second kappa shape index (κ2) is 13.5. The van der Waals surface area contributed by atoms with Gasteiger partial charge in [0.05, 0.1) is 24.8 Å². The third kappa shape index (κ3) is 9.28. The first-order valence-corrected chi connectivity index (χ1v) is 9.54. The minimum absolute atomic E-state index is 0.340. The molecule has 0 amide bonds. The summed E-state index contributed by atoms with van der Waals surface area (Å²) in [4.78, 5) is 23.3. The van der Waals surface area contributed by atoms with Crippen molar-refractivity contribution in [3.63, 3.8) is 0 Å². The normalized spacial score (nSPS) is 10.5. The molecule has 1 aromatic rings. The van der Waals surface area contributed by atoms with E-state index in [1.54, 1.807) is 24.3 Å². The molecule has 0 fully saturated rings. The summed E-state index contributed by atoms with van der Waals surface area (Å²) in [6.45, 7) is 2.69. The highest BCUT2D eigenvalue weighted by Gasteiger charge is 2.09. The first kappa shape index (κ1) is 21.2. The lowest BCUT2D eigenvalue weighted by Gasteiger charge is -2.06. The first-order valence-electron chi connectivity index (χ1n) is 9.54. The molecule has 0 bridgehead atoms. The lowest BCUT2D eigenvalue weighted by Crippen LogP contribution is -2.07. The van der Waals surface area contributed by atoms with Gasteiger partial charge in [-0.1, -0.05) is 64.7 Å². The SMILES string of the molecule is CCCCCCCCCCCCOC(=O)c1ccc(C(=O)OC)cc1. The Morgan fingerprint density at radius 3 is 1.64 bits per heavy atom. The van der Waals surface area contributed by atoms with Crippen LogP contribution in [0.25, 0.3) is 0 Å². The molecule has 4 nitrogen and oxygen atoms in total. The quantitative estimate of drug-likeness (QED) is 0.346. The molecule has 0 atom stereocenters. The molecule has 0 saturated heterocycles. The molecule has 0 saturated carbocycles. The van der Waals surface area contributed by atoms with Gasteiger partial charge in [-0.25, -0.2) is 9.59 Å². The molecule has 1 rings (SSSR count). The third-order valence-electron chi connectivity index (χ3n) is 4.27. The van der Waals surface area contributed by atoms with E-state index in [0.29, 0.717) is 17.7 Å². The van der Waals surface area contributed by atoms with Crippen molar-refractivity contribution in [2.75, 3.05) is 13.7 Å². The Morgan fingerprint density at radius 2 is 1.16 bits per heavy atom. The second-order valence-corrected chi connectivity index (χ2v) is 6.39. The van der Waals surface area contributed by atoms with Crippen molar-refractivity contribution in [3.05, 3.63) is 35.4 Å². The Hall–Kier alpha value is -1.84. The van der Waals surface area contributed by atoms with E-state index in [4.69, 9.17) is 4.74 Å². The predicted octanol–water partition coefficient (Wildman–Crippen LogP) is 5.55. The van der Waals surface area contributed by atoms with E-state index in [0.717, 1.165) is 12.8 Å². The van der Waals surface area contributed by atoms with Crippen LogP contribution in [0.5, 0.6) is 0 Å². The summed E-state index contributed by atoms with van der Waals surface area (Å²) < 4.78 is 9.90. The molecule has 0 radical (unpaired) electrons. The maximum atomic E-state index is 11.9. The molecule has 140 valence electrons. The van der Waals surface area contributed by atoms with E-state index in [9.17, 15) is 9.59 Å². The minimum atomic E-state index is -0.412. The Balaban J connectivity index is 2.06. The average molecular weight is 348 g/mol. The van der Waals surface area contributed by atoms with E-state index >= 15 is 0 Å². The highest BCUT2D eigenvalue weighted by atomic mass is 16.5. The molecule has 0 spiro atoms. The zero-order valence-corrected chi connectivity index (χ0v) is 15.7. The molecule has 0 aliphatic heterocycles. The van der Waals surface area contributed by atoms with Gasteiger partial charge in [-0.05, 0) is 30.7 Å². The highest BCUT2D eigenvalue weighted by molar-refractivity contribution is 5.93. The Kier molecular flexibility index (Phi) is 11.4. The fourth-order valence-electron chi connectivity index (χ4n) is 2.70. The van der Waals surface area contributed by atoms with Gasteiger partial charge in [0, 0.05) is 0 Å². The fourth-order valence-corrected chi connectivity index (χ4v) is 2.70. The highest BCUT2D eigenvalue weighted by Crippen LogP contribution is 2.11. The topological polar surface area (TPSA) is 52.6 Å². The number of carbonyl (C=O) groups excluding carboxylic acids is 2. The summed E-state index contributed by atoms with van der Waals surface area (Å²) in [6.07, 6.45) is 12.5. The molecule has 0 aromatic heterocycles. The number of rotatable bonds is 13. The van der Waals surface area contributed by atoms with Crippen LogP contribution in [-0.2, 0) is 9.47 Å². The predicted molar refractivity (Wildman–Crippen MR) is 99.9 cm³/mol. The average Bonchev–Trinajstić information content (AvgIpc) is 2.65. The Labute approximate surface area is 151 Å². The number of esters is 2. The van der Waals surface area contributed by atoms with E-state index in [2.05, 4.69) is 11.7 Å². The lowest BCUT2D eigenvalue weighted by molar-refractivity contribution is 0.0495. The Bertz CT molecular complexity index is 493. The van der Waals surface area contributed by atoms with Crippen LogP contribution < -0.4 is 0 Å². The van der Waals surface area contributed by atoms with Crippen LogP contribution in [0.4, 0.5) is 0 Å². The van der Waals surface area contributed by atoms with E-state index < -0.39 is 5.97 Å². The fraction of sp³-hybridized carbons (Fsp3) is 0.619. The van der Waals surface area contributed by atoms with Crippen molar-refractivity contribution in [2.45, 2.75) is 71.1 Å². The molecular weight excluding hydrogens is 316 g/mol. The van der Waals surface area contributed by atoms with Crippen LogP contribution in [0.1, 0.15) is 91.8 Å². The van der Waals surface area contributed by atoms with Gasteiger partial charge in [-0.3, -0.25) is 0 Å². The van der Waals surface area contributed by atoms with Gasteiger partial charge in [0.1, 0.15) is 0 Å². The van der Waals surface area contributed by atoms with Crippen molar-refractivity contribution in [3.8, 4) is 0 Å². The van der Waals surface area contributed by atoms with E-state index in [1.165, 1.54) is 58.5 Å². The standard InChI is InChI=1S/C21H32O4/c1-3-4-5-6-7-8-9-10-11-12-17-25-21(23)19-15-13-18(14-16-19)20(22)24-2/h13-16H,3-12,17H2,1-2H3. The van der Waals surface area contributed by atoms with Gasteiger partial charge in [-0.15, -0.1) is 0 Å². The van der Waals surface area contributed by atoms with Crippen molar-refractivity contribution >= 4 is 11.9 Å². The molecule has 0 heterocycles. The molecule has 0 unspecified atom stereocenters. The first-order chi connectivity index (χ1) is 12.2. The largest absolute Gasteiger partial charge is 0.465 e. The van der Waals surface area contributed by atoms with Crippen LogP contribution in [0, 0.1) is 0 Å². The molecule has 25 heavy (non-hydrogen) atoms. The zero-order chi connectivity index (χ0) is 18.3. The number of methoxy groups -OCH3 is 1. The summed E-state index contributed by atoms with van der Waals surface area (Å²) >= 11 is 0. The van der Waals surface area contributed by atoms with Crippen molar-refractivity contribution in [1.82, 2.24) is 0 Å². The zero-order valence-electron chi connectivity index (χ0n) is 15.7. The van der Waals surface area contributed by atoms with Crippen LogP contribution >= 0.6 is 0 Å². The number of hydrogen-bond acceptors (Lipinski definition) is 4. The number of hydrogen-bond donors (Lipinski definition) is 0. The number of ether oxygens (including phenoxy) is 2. The van der Waals surface area contributed by atoms with Crippen LogP contribution in [-0.4, -0.2) is 25.7 Å². The van der Waals surface area contributed by atoms with Gasteiger partial charge >= 0.3 is 11.9 Å². The summed E-state index contributed by atoms with van der Waals surface area (Å²) in [5, 5.41) is 0. The van der Waals surface area contributed by atoms with Crippen molar-refractivity contribution in [2.24, 2.45) is 0 Å². The van der Waals surface area contributed by atoms with Gasteiger partial charge in [0.25, 0.3) is 0 Å². The Morgan fingerprint density at radius 1 is 0.720 bits per heavy atom. The van der Waals surface area contributed by atoms with Crippen LogP contribution in [0.3, 0.4) is 0 Å². The van der Waals surface area contributed by atoms with Gasteiger partial charge in [0.2, 0.25) is 0 Å². The van der Waals surface area contributed by atoms with Crippen LogP contribution in [0.2, 0.25) is 0 Å². The number of carbonyl (C=O) groups is 2. The summed E-state index contributed by atoms with van der Waals surface area (Å²) in [5.74, 6) is -0.752. The lowest BCUT2D eigenvalue weighted by atomic mass is 10.1. The maximum absolute atomic E-state index is 11.9. The smallest absolute Gasteiger partial charge is 0.338 e. The number of benzene rings is 1.